The van der Waals surface area contributed by atoms with Crippen LogP contribution in [0.2, 0.25) is 10.6 Å². The molecule has 0 amide bonds. The molecule has 0 aromatic carbocycles. The van der Waals surface area contributed by atoms with Crippen molar-refractivity contribution in [2.45, 2.75) is 50.1 Å². The quantitative estimate of drug-likeness (QED) is 0.463. The highest BCUT2D eigenvalue weighted by Crippen LogP contribution is 1.99. The summed E-state index contributed by atoms with van der Waals surface area (Å²) in [5.74, 6) is 0. The summed E-state index contributed by atoms with van der Waals surface area (Å²) in [6.07, 6.45) is 5.72. The molecule has 11 heavy (non-hydrogen) atoms. The van der Waals surface area contributed by atoms with Crippen LogP contribution < -0.4 is 0 Å². The van der Waals surface area contributed by atoms with Crippen LogP contribution in [-0.2, 0) is 0 Å². The molecule has 0 heterocycles. The van der Waals surface area contributed by atoms with Gasteiger partial charge in [-0.05, 0) is 0 Å². The van der Waals surface area contributed by atoms with Gasteiger partial charge in [-0.1, -0.05) is 39.5 Å². The molecule has 0 nitrogen and oxygen atoms in total. The summed E-state index contributed by atoms with van der Waals surface area (Å²) in [7, 11) is 0. The molecule has 0 atom stereocenters. The lowest BCUT2D eigenvalue weighted by molar-refractivity contribution is 0.851. The molecule has 0 spiro atoms. The van der Waals surface area contributed by atoms with Crippen molar-refractivity contribution in [2.75, 3.05) is 0 Å². The molecule has 3 heteroatoms. The van der Waals surface area contributed by atoms with Gasteiger partial charge in [0.25, 0.3) is 0 Å². The van der Waals surface area contributed by atoms with Gasteiger partial charge in [-0.25, -0.2) is 0 Å². The zero-order chi connectivity index (χ0) is 6.95. The first-order valence-electron chi connectivity index (χ1n) is 4.23. The van der Waals surface area contributed by atoms with Crippen LogP contribution in [0, 0.1) is 0 Å². The van der Waals surface area contributed by atoms with Crippen molar-refractivity contribution in [3.8, 4) is 0 Å². The number of hydrogen-bond acceptors (Lipinski definition) is 0. The van der Waals surface area contributed by atoms with Gasteiger partial charge in [-0.15, -0.1) is 35.4 Å². The molecule has 0 aliphatic carbocycles. The Morgan fingerprint density at radius 3 is 1.45 bits per heavy atom. The van der Waals surface area contributed by atoms with Crippen LogP contribution >= 0.6 is 24.8 Å². The molecule has 0 saturated heterocycles. The van der Waals surface area contributed by atoms with E-state index in [-0.39, 0.29) is 24.8 Å². The van der Waals surface area contributed by atoms with Gasteiger partial charge >= 0.3 is 0 Å². The van der Waals surface area contributed by atoms with E-state index >= 15 is 0 Å². The fraction of sp³-hybridized carbons (Fsp3) is 1.00. The van der Waals surface area contributed by atoms with Gasteiger partial charge in [0.1, 0.15) is 0 Å². The lowest BCUT2D eigenvalue weighted by Crippen LogP contribution is -1.87. The zero-order valence-corrected chi connectivity index (χ0v) is 10.4. The first-order valence-corrected chi connectivity index (χ1v) is 5.86. The Balaban J connectivity index is -0.000000320. The van der Waals surface area contributed by atoms with Crippen molar-refractivity contribution in [2.24, 2.45) is 0 Å². The average molecular weight is 214 g/mol. The molecule has 69 valence electrons. The molecule has 0 aromatic rings. The van der Waals surface area contributed by atoms with Crippen molar-refractivity contribution in [1.29, 1.82) is 0 Å². The zero-order valence-electron chi connectivity index (χ0n) is 7.64. The summed E-state index contributed by atoms with van der Waals surface area (Å²) >= 11 is 0.818. The van der Waals surface area contributed by atoms with E-state index in [1.165, 1.54) is 36.2 Å². The third-order valence-corrected chi connectivity index (χ3v) is 3.16. The smallest absolute Gasteiger partial charge is 0.147 e. The number of rotatable bonds is 6. The molecule has 0 unspecified atom stereocenters. The molecule has 0 fully saturated rings. The number of hydrogen-bond donors (Lipinski definition) is 0. The Morgan fingerprint density at radius 2 is 1.18 bits per heavy atom. The van der Waals surface area contributed by atoms with Crippen LogP contribution in [0.4, 0.5) is 0 Å². The molecular formula is C8H20AlCl2. The molecule has 0 aliphatic heterocycles. The largest absolute Gasteiger partial charge is 0.199 e. The minimum absolute atomic E-state index is 0. The van der Waals surface area contributed by atoms with Crippen LogP contribution in [0.1, 0.15) is 39.5 Å². The summed E-state index contributed by atoms with van der Waals surface area (Å²) in [5.41, 5.74) is 0. The van der Waals surface area contributed by atoms with Crippen molar-refractivity contribution in [1.82, 2.24) is 0 Å². The van der Waals surface area contributed by atoms with E-state index in [1.807, 2.05) is 0 Å². The van der Waals surface area contributed by atoms with Gasteiger partial charge in [0.05, 0.1) is 0 Å². The van der Waals surface area contributed by atoms with Gasteiger partial charge in [0.2, 0.25) is 0 Å². The molecule has 0 aliphatic rings. The van der Waals surface area contributed by atoms with E-state index in [1.54, 1.807) is 0 Å². The maximum absolute atomic E-state index is 2.28. The third kappa shape index (κ3) is 18.2. The van der Waals surface area contributed by atoms with Crippen LogP contribution in [0.3, 0.4) is 0 Å². The monoisotopic (exact) mass is 213 g/mol. The Kier molecular flexibility index (Phi) is 28.3. The first kappa shape index (κ1) is 18.0. The first-order chi connectivity index (χ1) is 4.41. The highest BCUT2D eigenvalue weighted by atomic mass is 35.5. The Bertz CT molecular complexity index is 45.4. The lowest BCUT2D eigenvalue weighted by atomic mass is 10.4. The minimum atomic E-state index is 0. The fourth-order valence-corrected chi connectivity index (χ4v) is 2.52. The van der Waals surface area contributed by atoms with Crippen molar-refractivity contribution >= 4 is 40.0 Å². The van der Waals surface area contributed by atoms with E-state index in [0.717, 1.165) is 15.2 Å². The molecule has 0 bridgehead atoms. The third-order valence-electron chi connectivity index (χ3n) is 1.52. The van der Waals surface area contributed by atoms with Crippen LogP contribution in [-0.4, -0.2) is 15.2 Å². The van der Waals surface area contributed by atoms with Crippen molar-refractivity contribution in [3.05, 3.63) is 0 Å². The minimum Gasteiger partial charge on any atom is -0.147 e. The molecule has 0 aromatic heterocycles. The highest BCUT2D eigenvalue weighted by molar-refractivity contribution is 6.35. The molecule has 0 rings (SSSR count). The molecule has 1 radical (unpaired) electrons. The predicted octanol–water partition coefficient (Wildman–Crippen LogP) is 3.97. The van der Waals surface area contributed by atoms with Gasteiger partial charge in [-0.2, -0.15) is 0 Å². The Morgan fingerprint density at radius 1 is 0.818 bits per heavy atom. The van der Waals surface area contributed by atoms with E-state index in [0.29, 0.717) is 0 Å². The lowest BCUT2D eigenvalue weighted by Gasteiger charge is -1.93. The maximum atomic E-state index is 2.28. The second-order valence-corrected chi connectivity index (χ2v) is 4.31. The molecular weight excluding hydrogens is 194 g/mol. The van der Waals surface area contributed by atoms with Gasteiger partial charge in [0.15, 0.2) is 15.2 Å². The molecule has 0 N–H and O–H groups in total. The van der Waals surface area contributed by atoms with E-state index in [9.17, 15) is 0 Å². The predicted molar refractivity (Wildman–Crippen MR) is 59.7 cm³/mol. The maximum Gasteiger partial charge on any atom is 0.199 e. The van der Waals surface area contributed by atoms with Gasteiger partial charge in [0, 0.05) is 0 Å². The summed E-state index contributed by atoms with van der Waals surface area (Å²) in [6, 6.07) is 0. The topological polar surface area (TPSA) is 0 Å². The van der Waals surface area contributed by atoms with Crippen LogP contribution in [0.25, 0.3) is 0 Å². The van der Waals surface area contributed by atoms with Crippen LogP contribution in [0.15, 0.2) is 0 Å². The normalized spacial score (nSPS) is 7.82. The van der Waals surface area contributed by atoms with E-state index in [2.05, 4.69) is 13.8 Å². The van der Waals surface area contributed by atoms with Crippen molar-refractivity contribution < 1.29 is 0 Å². The summed E-state index contributed by atoms with van der Waals surface area (Å²) in [4.78, 5) is 0. The SMILES string of the molecule is CCC[CH2][Al][CH2]CCC.Cl.Cl. The van der Waals surface area contributed by atoms with E-state index in [4.69, 9.17) is 0 Å². The Labute approximate surface area is 90.1 Å². The van der Waals surface area contributed by atoms with Crippen LogP contribution in [0.5, 0.6) is 0 Å². The number of halogens is 2. The summed E-state index contributed by atoms with van der Waals surface area (Å²) < 4.78 is 0. The van der Waals surface area contributed by atoms with E-state index < -0.39 is 0 Å². The second kappa shape index (κ2) is 17.3. The molecule has 0 saturated carbocycles. The Hall–Kier alpha value is 1.11. The van der Waals surface area contributed by atoms with Gasteiger partial charge < -0.3 is 0 Å². The fourth-order valence-electron chi connectivity index (χ4n) is 0.841. The van der Waals surface area contributed by atoms with Crippen molar-refractivity contribution in [3.63, 3.8) is 0 Å². The standard InChI is InChI=1S/2C4H9.Al.2ClH/c2*1-3-4-2;;;/h2*1,3-4H2,2H3;;2*1H. The summed E-state index contributed by atoms with van der Waals surface area (Å²) in [5, 5.41) is 3.08. The summed E-state index contributed by atoms with van der Waals surface area (Å²) in [6.45, 7) is 4.55. The second-order valence-electron chi connectivity index (χ2n) is 2.57. The van der Waals surface area contributed by atoms with Gasteiger partial charge in [-0.3, -0.25) is 0 Å². The average Bonchev–Trinajstić information content (AvgIpc) is 1.89. The highest BCUT2D eigenvalue weighted by Gasteiger charge is 1.89. The number of unbranched alkanes of at least 4 members (excludes halogenated alkanes) is 2.